The number of aliphatic imine (C=N–C) groups is 1. The van der Waals surface area contributed by atoms with Crippen molar-refractivity contribution in [3.63, 3.8) is 0 Å². The fraction of sp³-hybridized carbons (Fsp3) is 0.348. The number of nitrogens with zero attached hydrogens (tertiary/aromatic N) is 6. The van der Waals surface area contributed by atoms with E-state index >= 15 is 0 Å². The highest BCUT2D eigenvalue weighted by Gasteiger charge is 2.35. The molecule has 37 heavy (non-hydrogen) atoms. The quantitative estimate of drug-likeness (QED) is 0.404. The zero-order chi connectivity index (χ0) is 26.6. The minimum Gasteiger partial charge on any atom is -0.480 e. The number of methoxy groups -OCH3 is 3. The molecule has 0 bridgehead atoms. The van der Waals surface area contributed by atoms with Gasteiger partial charge in [0, 0.05) is 51.0 Å². The molecular formula is C23H26ClN7O5S. The minimum atomic E-state index is -4.09. The molecule has 0 fully saturated rings. The topological polar surface area (TPSA) is 143 Å². The molecule has 1 aliphatic rings. The zero-order valence-electron chi connectivity index (χ0n) is 20.6. The van der Waals surface area contributed by atoms with Crippen LogP contribution >= 0.6 is 11.6 Å². The van der Waals surface area contributed by atoms with Crippen molar-refractivity contribution in [2.24, 2.45) is 4.99 Å². The van der Waals surface area contributed by atoms with Crippen molar-refractivity contribution < 1.29 is 22.6 Å². The van der Waals surface area contributed by atoms with Crippen LogP contribution in [0.4, 0.5) is 5.95 Å². The maximum Gasteiger partial charge on any atom is 0.243 e. The molecule has 12 nitrogen and oxygen atoms in total. The molecule has 3 aromatic rings. The van der Waals surface area contributed by atoms with E-state index in [-0.39, 0.29) is 11.8 Å². The number of rotatable bonds is 10. The first-order valence-electron chi connectivity index (χ1n) is 11.2. The third-order valence-electron chi connectivity index (χ3n) is 5.80. The smallest absolute Gasteiger partial charge is 0.243 e. The van der Waals surface area contributed by atoms with Crippen LogP contribution in [0.15, 0.2) is 53.7 Å². The number of hydrogen-bond donors (Lipinski definition) is 1. The molecule has 0 radical (unpaired) electrons. The summed E-state index contributed by atoms with van der Waals surface area (Å²) in [4.78, 5) is 12.7. The van der Waals surface area contributed by atoms with Gasteiger partial charge in [0.15, 0.2) is 5.82 Å². The van der Waals surface area contributed by atoms with E-state index in [1.54, 1.807) is 50.0 Å². The standard InChI is InChI=1S/C23H26ClN7O5S/c1-14(20(35-3)17-8-7-16(24)13-27-17)37(32,33)30-23-29-28-21(15-6-5-10-25-12-15)31(23)19-18(34-2)9-11-26-22(19)36-4/h5-8,10-14,18,20H,9H2,1-4H3,(H,29,30)/t14-,18?,20-/m0/s1. The van der Waals surface area contributed by atoms with Gasteiger partial charge in [0.25, 0.3) is 0 Å². The zero-order valence-corrected chi connectivity index (χ0v) is 22.1. The molecule has 0 aromatic carbocycles. The summed E-state index contributed by atoms with van der Waals surface area (Å²) in [6.45, 7) is 1.51. The van der Waals surface area contributed by atoms with Crippen molar-refractivity contribution in [2.75, 3.05) is 26.1 Å². The molecular weight excluding hydrogens is 522 g/mol. The lowest BCUT2D eigenvalue weighted by Crippen LogP contribution is -2.33. The highest BCUT2D eigenvalue weighted by Crippen LogP contribution is 2.34. The Labute approximate surface area is 219 Å². The van der Waals surface area contributed by atoms with Gasteiger partial charge in [-0.25, -0.2) is 13.4 Å². The van der Waals surface area contributed by atoms with E-state index < -0.39 is 27.5 Å². The number of halogens is 1. The van der Waals surface area contributed by atoms with E-state index in [4.69, 9.17) is 25.8 Å². The number of aromatic nitrogens is 5. The second-order valence-corrected chi connectivity index (χ2v) is 10.5. The van der Waals surface area contributed by atoms with Gasteiger partial charge in [0.05, 0.1) is 17.8 Å². The SMILES string of the molecule is COC1=C(n2c(NS(=O)(=O)[C@@H](C)[C@H](OC)c3ccc(Cl)cn3)nnc2-c2cccnc2)C(OC)CC=N1. The molecule has 3 aromatic heterocycles. The fourth-order valence-electron chi connectivity index (χ4n) is 3.90. The highest BCUT2D eigenvalue weighted by molar-refractivity contribution is 7.93. The number of sulfonamides is 1. The summed E-state index contributed by atoms with van der Waals surface area (Å²) >= 11 is 5.94. The van der Waals surface area contributed by atoms with Gasteiger partial charge < -0.3 is 14.2 Å². The molecule has 196 valence electrons. The Hall–Kier alpha value is -3.39. The van der Waals surface area contributed by atoms with E-state index in [1.807, 2.05) is 0 Å². The second-order valence-electron chi connectivity index (χ2n) is 8.00. The summed E-state index contributed by atoms with van der Waals surface area (Å²) in [6.07, 6.45) is 5.34. The van der Waals surface area contributed by atoms with Gasteiger partial charge in [-0.15, -0.1) is 10.2 Å². The summed E-state index contributed by atoms with van der Waals surface area (Å²) in [5.41, 5.74) is 1.44. The average molecular weight is 548 g/mol. The normalized spacial score (nSPS) is 17.5. The van der Waals surface area contributed by atoms with Crippen molar-refractivity contribution in [3.05, 3.63) is 59.5 Å². The van der Waals surface area contributed by atoms with Crippen molar-refractivity contribution in [2.45, 2.75) is 30.8 Å². The predicted molar refractivity (Wildman–Crippen MR) is 138 cm³/mol. The lowest BCUT2D eigenvalue weighted by Gasteiger charge is -2.26. The van der Waals surface area contributed by atoms with Gasteiger partial charge in [-0.1, -0.05) is 11.6 Å². The van der Waals surface area contributed by atoms with Gasteiger partial charge in [-0.3, -0.25) is 19.3 Å². The molecule has 1 aliphatic heterocycles. The Balaban J connectivity index is 1.80. The molecule has 0 saturated carbocycles. The van der Waals surface area contributed by atoms with E-state index in [1.165, 1.54) is 31.9 Å². The molecule has 14 heteroatoms. The number of nitrogens with one attached hydrogen (secondary N) is 1. The largest absolute Gasteiger partial charge is 0.480 e. The average Bonchev–Trinajstić information content (AvgIpc) is 3.32. The van der Waals surface area contributed by atoms with Crippen LogP contribution in [0.5, 0.6) is 0 Å². The van der Waals surface area contributed by atoms with E-state index in [2.05, 4.69) is 29.9 Å². The first kappa shape index (κ1) is 26.7. The van der Waals surface area contributed by atoms with Gasteiger partial charge in [0.1, 0.15) is 23.2 Å². The van der Waals surface area contributed by atoms with Crippen LogP contribution in [-0.4, -0.2) is 72.0 Å². The molecule has 4 rings (SSSR count). The summed E-state index contributed by atoms with van der Waals surface area (Å²) in [6, 6.07) is 6.75. The third-order valence-corrected chi connectivity index (χ3v) is 7.72. The Morgan fingerprint density at radius 2 is 1.97 bits per heavy atom. The third kappa shape index (κ3) is 5.49. The molecule has 1 unspecified atom stereocenters. The van der Waals surface area contributed by atoms with Gasteiger partial charge in [-0.05, 0) is 31.2 Å². The molecule has 3 atom stereocenters. The van der Waals surface area contributed by atoms with Crippen LogP contribution in [0, 0.1) is 0 Å². The summed E-state index contributed by atoms with van der Waals surface area (Å²) < 4.78 is 47.9. The number of hydrogen-bond acceptors (Lipinski definition) is 10. The van der Waals surface area contributed by atoms with Crippen LogP contribution in [0.1, 0.15) is 25.1 Å². The predicted octanol–water partition coefficient (Wildman–Crippen LogP) is 3.17. The van der Waals surface area contributed by atoms with Crippen LogP contribution in [0.3, 0.4) is 0 Å². The van der Waals surface area contributed by atoms with Crippen LogP contribution in [-0.2, 0) is 24.2 Å². The van der Waals surface area contributed by atoms with Crippen molar-refractivity contribution in [1.29, 1.82) is 0 Å². The highest BCUT2D eigenvalue weighted by atomic mass is 35.5. The van der Waals surface area contributed by atoms with Gasteiger partial charge in [0.2, 0.25) is 21.9 Å². The molecule has 0 saturated heterocycles. The Morgan fingerprint density at radius 3 is 2.59 bits per heavy atom. The Bertz CT molecular complexity index is 1390. The molecule has 4 heterocycles. The van der Waals surface area contributed by atoms with Crippen molar-refractivity contribution in [3.8, 4) is 11.4 Å². The second kappa shape index (κ2) is 11.3. The van der Waals surface area contributed by atoms with Gasteiger partial charge in [-0.2, -0.15) is 0 Å². The molecule has 0 amide bonds. The minimum absolute atomic E-state index is 0.0756. The van der Waals surface area contributed by atoms with E-state index in [0.717, 1.165) is 0 Å². The van der Waals surface area contributed by atoms with Crippen molar-refractivity contribution in [1.82, 2.24) is 24.7 Å². The first-order chi connectivity index (χ1) is 17.8. The summed E-state index contributed by atoms with van der Waals surface area (Å²) in [5, 5.41) is 7.78. The van der Waals surface area contributed by atoms with Crippen molar-refractivity contribution >= 4 is 39.5 Å². The Kier molecular flexibility index (Phi) is 8.17. The molecule has 0 spiro atoms. The molecule has 0 aliphatic carbocycles. The lowest BCUT2D eigenvalue weighted by atomic mass is 10.1. The maximum absolute atomic E-state index is 13.6. The van der Waals surface area contributed by atoms with Gasteiger partial charge >= 0.3 is 0 Å². The first-order valence-corrected chi connectivity index (χ1v) is 13.1. The van der Waals surface area contributed by atoms with E-state index in [0.29, 0.717) is 34.2 Å². The maximum atomic E-state index is 13.6. The monoisotopic (exact) mass is 547 g/mol. The number of ether oxygens (including phenoxy) is 3. The fourth-order valence-corrected chi connectivity index (χ4v) is 5.16. The van der Waals surface area contributed by atoms with Crippen LogP contribution in [0.2, 0.25) is 5.02 Å². The van der Waals surface area contributed by atoms with Crippen LogP contribution < -0.4 is 4.72 Å². The number of pyridine rings is 2. The van der Waals surface area contributed by atoms with Crippen LogP contribution in [0.25, 0.3) is 17.1 Å². The van der Waals surface area contributed by atoms with E-state index in [9.17, 15) is 8.42 Å². The summed E-state index contributed by atoms with van der Waals surface area (Å²) in [7, 11) is 0.327. The summed E-state index contributed by atoms with van der Waals surface area (Å²) in [5.74, 6) is 0.481. The molecule has 1 N–H and O–H groups in total. The lowest BCUT2D eigenvalue weighted by molar-refractivity contribution is 0.0989. The number of anilines is 1. The Morgan fingerprint density at radius 1 is 1.16 bits per heavy atom.